The molecule has 1 atom stereocenters. The summed E-state index contributed by atoms with van der Waals surface area (Å²) in [7, 11) is 0. The van der Waals surface area contributed by atoms with Crippen molar-refractivity contribution in [1.29, 1.82) is 0 Å². The van der Waals surface area contributed by atoms with Crippen LogP contribution >= 0.6 is 0 Å². The molecule has 0 amide bonds. The number of nitrogens with one attached hydrogen (secondary N) is 1. The van der Waals surface area contributed by atoms with Crippen LogP contribution in [0.1, 0.15) is 106 Å². The normalized spacial score (nSPS) is 14.0. The zero-order valence-electron chi connectivity index (χ0n) is 23.7. The minimum Gasteiger partial charge on any atom is -0.343 e. The van der Waals surface area contributed by atoms with E-state index in [0.717, 1.165) is 41.6 Å². The van der Waals surface area contributed by atoms with Crippen molar-refractivity contribution in [2.75, 3.05) is 0 Å². The molecule has 0 spiro atoms. The average molecular weight is 453 g/mol. The summed E-state index contributed by atoms with van der Waals surface area (Å²) in [5.74, 6) is 2.11. The monoisotopic (exact) mass is 452 g/mol. The van der Waals surface area contributed by atoms with Gasteiger partial charge >= 0.3 is 0 Å². The summed E-state index contributed by atoms with van der Waals surface area (Å²) in [6.45, 7) is 32.4. The van der Waals surface area contributed by atoms with Gasteiger partial charge in [-0.2, -0.15) is 0 Å². The fourth-order valence-electron chi connectivity index (χ4n) is 3.61. The van der Waals surface area contributed by atoms with E-state index in [-0.39, 0.29) is 0 Å². The van der Waals surface area contributed by atoms with Crippen LogP contribution in [0.5, 0.6) is 0 Å². The highest BCUT2D eigenvalue weighted by molar-refractivity contribution is 5.94. The Balaban J connectivity index is 0.00000129. The lowest BCUT2D eigenvalue weighted by atomic mass is 9.84. The van der Waals surface area contributed by atoms with Gasteiger partial charge in [0.15, 0.2) is 0 Å². The van der Waals surface area contributed by atoms with Gasteiger partial charge in [-0.25, -0.2) is 4.99 Å². The van der Waals surface area contributed by atoms with Crippen LogP contribution in [0.4, 0.5) is 0 Å². The van der Waals surface area contributed by atoms with E-state index < -0.39 is 0 Å². The van der Waals surface area contributed by atoms with E-state index in [2.05, 4.69) is 105 Å². The summed E-state index contributed by atoms with van der Waals surface area (Å²) in [4.78, 5) is 4.76. The van der Waals surface area contributed by atoms with Gasteiger partial charge in [0, 0.05) is 23.7 Å². The fourth-order valence-corrected chi connectivity index (χ4v) is 3.61. The van der Waals surface area contributed by atoms with Crippen LogP contribution in [0.15, 0.2) is 59.3 Å². The molecule has 186 valence electrons. The zero-order chi connectivity index (χ0) is 25.8. The number of rotatable bonds is 8. The maximum absolute atomic E-state index is 4.76. The van der Waals surface area contributed by atoms with E-state index in [1.807, 2.05) is 13.8 Å². The first-order valence-electron chi connectivity index (χ1n) is 12.8. The fraction of sp³-hybridized carbons (Fsp3) is 0.581. The summed E-state index contributed by atoms with van der Waals surface area (Å²) in [5, 5.41) is 3.42. The predicted molar refractivity (Wildman–Crippen MR) is 152 cm³/mol. The Labute approximate surface area is 206 Å². The van der Waals surface area contributed by atoms with E-state index in [1.165, 1.54) is 29.6 Å². The number of aliphatic imine (C=N–C) groups is 1. The Bertz CT molecular complexity index is 808. The highest BCUT2D eigenvalue weighted by atomic mass is 15.0. The van der Waals surface area contributed by atoms with Gasteiger partial charge in [-0.15, -0.1) is 0 Å². The Morgan fingerprint density at radius 3 is 2.09 bits per heavy atom. The first-order valence-corrected chi connectivity index (χ1v) is 12.8. The summed E-state index contributed by atoms with van der Waals surface area (Å²) >= 11 is 0. The number of hydrogen-bond donors (Lipinski definition) is 1. The number of nitrogens with zero attached hydrogens (tertiary/aromatic N) is 1. The van der Waals surface area contributed by atoms with E-state index in [1.54, 1.807) is 0 Å². The molecule has 2 nitrogen and oxygen atoms in total. The molecule has 1 N–H and O–H groups in total. The molecular weight excluding hydrogens is 400 g/mol. The molecule has 0 bridgehead atoms. The summed E-state index contributed by atoms with van der Waals surface area (Å²) < 4.78 is 0. The van der Waals surface area contributed by atoms with Crippen molar-refractivity contribution >= 4 is 11.5 Å². The third-order valence-corrected chi connectivity index (χ3v) is 5.63. The number of aryl methyl sites for hydroxylation is 1. The minimum atomic E-state index is 0.380. The van der Waals surface area contributed by atoms with Crippen LogP contribution in [0.2, 0.25) is 0 Å². The molecule has 1 aromatic rings. The highest BCUT2D eigenvalue weighted by Crippen LogP contribution is 2.33. The molecule has 1 aliphatic rings. The number of allylic oxidation sites excluding steroid dienone is 2. The Morgan fingerprint density at radius 1 is 1.06 bits per heavy atom. The van der Waals surface area contributed by atoms with Gasteiger partial charge in [0.05, 0.1) is 0 Å². The Hall–Kier alpha value is -2.09. The van der Waals surface area contributed by atoms with Crippen molar-refractivity contribution in [2.24, 2.45) is 22.2 Å². The second-order valence-electron chi connectivity index (χ2n) is 10.6. The number of hydrogen-bond acceptors (Lipinski definition) is 2. The van der Waals surface area contributed by atoms with Gasteiger partial charge < -0.3 is 5.32 Å². The van der Waals surface area contributed by atoms with Crippen LogP contribution in [-0.4, -0.2) is 5.84 Å². The van der Waals surface area contributed by atoms with E-state index in [4.69, 9.17) is 4.99 Å². The highest BCUT2D eigenvalue weighted by Gasteiger charge is 2.23. The summed E-state index contributed by atoms with van der Waals surface area (Å²) in [6.07, 6.45) is 4.42. The third-order valence-electron chi connectivity index (χ3n) is 5.63. The van der Waals surface area contributed by atoms with Gasteiger partial charge in [-0.3, -0.25) is 0 Å². The summed E-state index contributed by atoms with van der Waals surface area (Å²) in [6, 6.07) is 8.39. The van der Waals surface area contributed by atoms with Gasteiger partial charge in [-0.05, 0) is 48.8 Å². The molecule has 1 aliphatic heterocycles. The standard InChI is InChI=1S/C24H34N2.C5H12.C2H6/c1-8-21(9-2)14-17(4)18(5)23-15-24(26-20(23)7)25-19(6)22-12-10-11-16(3)13-22;1-5(2,3)4;1-2/h10-13,18,21H,4,6,8-9,14-15H2,1-3,5,7H3,(H,25,26);1-4H3;1-2H3. The predicted octanol–water partition coefficient (Wildman–Crippen LogP) is 9.73. The van der Waals surface area contributed by atoms with Crippen molar-refractivity contribution in [2.45, 2.75) is 102 Å². The van der Waals surface area contributed by atoms with Crippen molar-refractivity contribution in [3.05, 3.63) is 65.4 Å². The molecule has 0 fully saturated rings. The van der Waals surface area contributed by atoms with E-state index in [0.29, 0.717) is 11.3 Å². The molecule has 0 aromatic heterocycles. The largest absolute Gasteiger partial charge is 0.343 e. The number of benzene rings is 1. The minimum absolute atomic E-state index is 0.380. The van der Waals surface area contributed by atoms with Crippen LogP contribution in [-0.2, 0) is 0 Å². The SMILES string of the molecule is C=C(NC1=NC(C)=C(C(C)C(=C)CC(CC)CC)C1)c1cccc(C)c1.CC.CC(C)(C)C. The van der Waals surface area contributed by atoms with Crippen molar-refractivity contribution < 1.29 is 0 Å². The molecule has 2 rings (SSSR count). The summed E-state index contributed by atoms with van der Waals surface area (Å²) in [5.41, 5.74) is 7.61. The van der Waals surface area contributed by atoms with Crippen LogP contribution < -0.4 is 5.32 Å². The van der Waals surface area contributed by atoms with Crippen molar-refractivity contribution in [3.63, 3.8) is 0 Å². The second-order valence-corrected chi connectivity index (χ2v) is 10.6. The molecule has 1 unspecified atom stereocenters. The molecule has 0 saturated carbocycles. The lowest BCUT2D eigenvalue weighted by Gasteiger charge is -2.21. The first kappa shape index (κ1) is 30.9. The molecule has 0 aliphatic carbocycles. The zero-order valence-corrected chi connectivity index (χ0v) is 23.7. The van der Waals surface area contributed by atoms with Crippen molar-refractivity contribution in [3.8, 4) is 0 Å². The maximum Gasteiger partial charge on any atom is 0.110 e. The smallest absolute Gasteiger partial charge is 0.110 e. The van der Waals surface area contributed by atoms with Gasteiger partial charge in [0.2, 0.25) is 0 Å². The van der Waals surface area contributed by atoms with Gasteiger partial charge in [0.1, 0.15) is 5.84 Å². The average Bonchev–Trinajstić information content (AvgIpc) is 3.11. The Kier molecular flexibility index (Phi) is 14.0. The van der Waals surface area contributed by atoms with Crippen molar-refractivity contribution in [1.82, 2.24) is 5.32 Å². The maximum atomic E-state index is 4.76. The number of amidine groups is 1. The Morgan fingerprint density at radius 2 is 1.61 bits per heavy atom. The first-order chi connectivity index (χ1) is 15.3. The molecule has 2 heteroatoms. The van der Waals surface area contributed by atoms with Gasteiger partial charge in [-0.1, -0.05) is 118 Å². The molecule has 33 heavy (non-hydrogen) atoms. The van der Waals surface area contributed by atoms with Gasteiger partial charge in [0.25, 0.3) is 0 Å². The van der Waals surface area contributed by atoms with Crippen LogP contribution in [0, 0.1) is 24.2 Å². The molecular formula is C31H52N2. The topological polar surface area (TPSA) is 24.4 Å². The lowest BCUT2D eigenvalue weighted by molar-refractivity contribution is 0.469. The van der Waals surface area contributed by atoms with Crippen LogP contribution in [0.3, 0.4) is 0 Å². The van der Waals surface area contributed by atoms with E-state index >= 15 is 0 Å². The molecule has 1 heterocycles. The quantitative estimate of drug-likeness (QED) is 0.390. The van der Waals surface area contributed by atoms with Crippen LogP contribution in [0.25, 0.3) is 5.70 Å². The lowest BCUT2D eigenvalue weighted by Crippen LogP contribution is -2.21. The third kappa shape index (κ3) is 12.1. The molecule has 0 radical (unpaired) electrons. The molecule has 1 aromatic carbocycles. The van der Waals surface area contributed by atoms with E-state index in [9.17, 15) is 0 Å². The molecule has 0 saturated heterocycles. The second kappa shape index (κ2) is 14.9.